The summed E-state index contributed by atoms with van der Waals surface area (Å²) in [5.74, 6) is -0.325. The molecule has 1 rings (SSSR count). The molecule has 0 fully saturated rings. The third kappa shape index (κ3) is 3.51. The van der Waals surface area contributed by atoms with Gasteiger partial charge in [-0.2, -0.15) is 0 Å². The molecular weight excluding hydrogens is 319 g/mol. The molecule has 0 aliphatic rings. The Morgan fingerprint density at radius 3 is 2.46 bits per heavy atom. The summed E-state index contributed by atoms with van der Waals surface area (Å²) >= 11 is 5.80. The van der Waals surface area contributed by atoms with Gasteiger partial charge in [0.2, 0.25) is 0 Å². The second kappa shape index (κ2) is 3.83. The molecule has 0 atom stereocenters. The molecule has 0 unspecified atom stereocenters. The van der Waals surface area contributed by atoms with Gasteiger partial charge in [0.1, 0.15) is 10.4 Å². The minimum atomic E-state index is -4.69. The van der Waals surface area contributed by atoms with Crippen LogP contribution < -0.4 is 4.74 Å². The number of nitrogens with zero attached hydrogens (tertiary/aromatic N) is 1. The Hall–Kier alpha value is -0.300. The molecular formula is C6H2Br2F3NO. The zero-order valence-electron chi connectivity index (χ0n) is 5.90. The number of ether oxygens (including phenoxy) is 1. The summed E-state index contributed by atoms with van der Waals surface area (Å²) in [6.45, 7) is 0. The Labute approximate surface area is 88.4 Å². The molecule has 72 valence electrons. The first-order chi connectivity index (χ1) is 5.88. The highest BCUT2D eigenvalue weighted by Crippen LogP contribution is 2.31. The van der Waals surface area contributed by atoms with Gasteiger partial charge in [-0.15, -0.1) is 13.2 Å². The van der Waals surface area contributed by atoms with E-state index in [1.54, 1.807) is 0 Å². The van der Waals surface area contributed by atoms with Crippen molar-refractivity contribution in [2.24, 2.45) is 0 Å². The third-order valence-electron chi connectivity index (χ3n) is 1.01. The number of hydrogen-bond acceptors (Lipinski definition) is 2. The van der Waals surface area contributed by atoms with E-state index in [9.17, 15) is 13.2 Å². The van der Waals surface area contributed by atoms with E-state index in [0.717, 1.165) is 6.07 Å². The normalized spacial score (nSPS) is 11.5. The van der Waals surface area contributed by atoms with E-state index < -0.39 is 6.36 Å². The van der Waals surface area contributed by atoms with Crippen molar-refractivity contribution in [3.63, 3.8) is 0 Å². The average Bonchev–Trinajstić information content (AvgIpc) is 1.94. The third-order valence-corrected chi connectivity index (χ3v) is 2.04. The molecule has 0 saturated carbocycles. The number of hydrogen-bond donors (Lipinski definition) is 0. The van der Waals surface area contributed by atoms with Crippen LogP contribution in [0.4, 0.5) is 13.2 Å². The van der Waals surface area contributed by atoms with Crippen molar-refractivity contribution in [2.45, 2.75) is 6.36 Å². The van der Waals surface area contributed by atoms with Crippen LogP contribution in [-0.2, 0) is 0 Å². The highest BCUT2D eigenvalue weighted by Gasteiger charge is 2.32. The summed E-state index contributed by atoms with van der Waals surface area (Å²) in [7, 11) is 0. The van der Waals surface area contributed by atoms with Crippen LogP contribution in [0.1, 0.15) is 0 Å². The van der Waals surface area contributed by atoms with Gasteiger partial charge >= 0.3 is 6.36 Å². The van der Waals surface area contributed by atoms with Crippen LogP contribution in [-0.4, -0.2) is 11.3 Å². The van der Waals surface area contributed by atoms with E-state index in [2.05, 4.69) is 41.6 Å². The van der Waals surface area contributed by atoms with Gasteiger partial charge in [-0.1, -0.05) is 0 Å². The topological polar surface area (TPSA) is 22.1 Å². The second-order valence-electron chi connectivity index (χ2n) is 1.99. The SMILES string of the molecule is FC(F)(F)Oc1cc(Br)ncc1Br. The summed E-state index contributed by atoms with van der Waals surface area (Å²) in [6, 6.07) is 1.12. The van der Waals surface area contributed by atoms with Gasteiger partial charge in [-0.3, -0.25) is 0 Å². The number of pyridine rings is 1. The van der Waals surface area contributed by atoms with Gasteiger partial charge in [-0.05, 0) is 31.9 Å². The fourth-order valence-electron chi connectivity index (χ4n) is 0.599. The molecule has 0 aromatic carbocycles. The predicted octanol–water partition coefficient (Wildman–Crippen LogP) is 3.51. The first-order valence-electron chi connectivity index (χ1n) is 2.95. The molecule has 0 aliphatic heterocycles. The second-order valence-corrected chi connectivity index (χ2v) is 3.65. The van der Waals surface area contributed by atoms with E-state index in [1.807, 2.05) is 0 Å². The van der Waals surface area contributed by atoms with Crippen molar-refractivity contribution in [1.29, 1.82) is 0 Å². The lowest BCUT2D eigenvalue weighted by atomic mass is 10.5. The molecule has 2 nitrogen and oxygen atoms in total. The van der Waals surface area contributed by atoms with Crippen LogP contribution >= 0.6 is 31.9 Å². The molecule has 0 radical (unpaired) electrons. The van der Waals surface area contributed by atoms with E-state index in [0.29, 0.717) is 0 Å². The first kappa shape index (κ1) is 10.8. The molecule has 1 heterocycles. The van der Waals surface area contributed by atoms with Gasteiger partial charge < -0.3 is 4.74 Å². The molecule has 13 heavy (non-hydrogen) atoms. The van der Waals surface area contributed by atoms with E-state index in [1.165, 1.54) is 6.20 Å². The smallest absolute Gasteiger partial charge is 0.404 e. The fourth-order valence-corrected chi connectivity index (χ4v) is 1.21. The minimum absolute atomic E-state index is 0.146. The van der Waals surface area contributed by atoms with Crippen LogP contribution in [0.25, 0.3) is 0 Å². The Morgan fingerprint density at radius 2 is 1.92 bits per heavy atom. The molecule has 1 aromatic rings. The molecule has 1 aromatic heterocycles. The Bertz CT molecular complexity index is 315. The van der Waals surface area contributed by atoms with E-state index >= 15 is 0 Å². The zero-order chi connectivity index (χ0) is 10.1. The molecule has 0 aliphatic carbocycles. The molecule has 0 saturated heterocycles. The monoisotopic (exact) mass is 319 g/mol. The van der Waals surface area contributed by atoms with Gasteiger partial charge in [0.05, 0.1) is 4.47 Å². The lowest BCUT2D eigenvalue weighted by Crippen LogP contribution is -2.17. The van der Waals surface area contributed by atoms with E-state index in [-0.39, 0.29) is 14.8 Å². The van der Waals surface area contributed by atoms with Crippen molar-refractivity contribution in [2.75, 3.05) is 0 Å². The van der Waals surface area contributed by atoms with Crippen LogP contribution in [0.3, 0.4) is 0 Å². The number of halogens is 5. The zero-order valence-corrected chi connectivity index (χ0v) is 9.07. The van der Waals surface area contributed by atoms with Crippen molar-refractivity contribution in [1.82, 2.24) is 4.98 Å². The Balaban J connectivity index is 2.94. The molecule has 0 amide bonds. The largest absolute Gasteiger partial charge is 0.573 e. The fraction of sp³-hybridized carbons (Fsp3) is 0.167. The van der Waals surface area contributed by atoms with Crippen LogP contribution in [0.5, 0.6) is 5.75 Å². The van der Waals surface area contributed by atoms with E-state index in [4.69, 9.17) is 0 Å². The maximum Gasteiger partial charge on any atom is 0.573 e. The van der Waals surface area contributed by atoms with Crippen LogP contribution in [0.2, 0.25) is 0 Å². The minimum Gasteiger partial charge on any atom is -0.404 e. The van der Waals surface area contributed by atoms with Crippen molar-refractivity contribution < 1.29 is 17.9 Å². The Morgan fingerprint density at radius 1 is 1.31 bits per heavy atom. The maximum atomic E-state index is 11.8. The van der Waals surface area contributed by atoms with Crippen molar-refractivity contribution >= 4 is 31.9 Å². The summed E-state index contributed by atoms with van der Waals surface area (Å²) in [4.78, 5) is 3.69. The lowest BCUT2D eigenvalue weighted by Gasteiger charge is -2.09. The van der Waals surface area contributed by atoms with Gasteiger partial charge in [0, 0.05) is 12.3 Å². The van der Waals surface area contributed by atoms with Gasteiger partial charge in [-0.25, -0.2) is 4.98 Å². The maximum absolute atomic E-state index is 11.8. The standard InChI is InChI=1S/C6H2Br2F3NO/c7-3-2-12-5(8)1-4(3)13-6(9,10)11/h1-2H. The molecule has 0 spiro atoms. The van der Waals surface area contributed by atoms with Gasteiger partial charge in [0.15, 0.2) is 0 Å². The van der Waals surface area contributed by atoms with Gasteiger partial charge in [0.25, 0.3) is 0 Å². The highest BCUT2D eigenvalue weighted by atomic mass is 79.9. The number of alkyl halides is 3. The van der Waals surface area contributed by atoms with Crippen molar-refractivity contribution in [3.8, 4) is 5.75 Å². The first-order valence-corrected chi connectivity index (χ1v) is 4.54. The molecule has 0 bridgehead atoms. The highest BCUT2D eigenvalue weighted by molar-refractivity contribution is 9.11. The quantitative estimate of drug-likeness (QED) is 0.739. The Kier molecular flexibility index (Phi) is 3.18. The van der Waals surface area contributed by atoms with Crippen LogP contribution in [0, 0.1) is 0 Å². The summed E-state index contributed by atoms with van der Waals surface area (Å²) in [5.41, 5.74) is 0. The summed E-state index contributed by atoms with van der Waals surface area (Å²) < 4.78 is 39.4. The molecule has 7 heteroatoms. The lowest BCUT2D eigenvalue weighted by molar-refractivity contribution is -0.274. The summed E-state index contributed by atoms with van der Waals surface area (Å²) in [6.07, 6.45) is -3.48. The average molecular weight is 321 g/mol. The summed E-state index contributed by atoms with van der Waals surface area (Å²) in [5, 5.41) is 0. The predicted molar refractivity (Wildman–Crippen MR) is 46.3 cm³/mol. The number of rotatable bonds is 1. The number of aromatic nitrogens is 1. The van der Waals surface area contributed by atoms with Crippen LogP contribution in [0.15, 0.2) is 21.3 Å². The molecule has 0 N–H and O–H groups in total. The van der Waals surface area contributed by atoms with Crippen molar-refractivity contribution in [3.05, 3.63) is 21.3 Å².